The first kappa shape index (κ1) is 19.9. The number of aromatic nitrogens is 2. The van der Waals surface area contributed by atoms with E-state index in [4.69, 9.17) is 16.7 Å². The Balaban J connectivity index is 1.78. The van der Waals surface area contributed by atoms with Crippen molar-refractivity contribution in [2.75, 3.05) is 7.05 Å². The molecule has 0 spiro atoms. The first-order valence-corrected chi connectivity index (χ1v) is 10.1. The summed E-state index contributed by atoms with van der Waals surface area (Å²) in [5.74, 6) is -0.0894. The molecule has 0 N–H and O–H groups in total. The topological polar surface area (TPSA) is 38.1 Å². The summed E-state index contributed by atoms with van der Waals surface area (Å²) >= 11 is 6.31. The highest BCUT2D eigenvalue weighted by Crippen LogP contribution is 2.29. The fourth-order valence-corrected chi connectivity index (χ4v) is 3.72. The lowest BCUT2D eigenvalue weighted by Crippen LogP contribution is -2.27. The molecule has 3 aromatic carbocycles. The lowest BCUT2D eigenvalue weighted by Gasteiger charge is -2.18. The minimum atomic E-state index is -0.0894. The second-order valence-electron chi connectivity index (χ2n) is 7.18. The van der Waals surface area contributed by atoms with E-state index in [1.165, 1.54) is 0 Å². The van der Waals surface area contributed by atoms with Gasteiger partial charge >= 0.3 is 0 Å². The third-order valence-electron chi connectivity index (χ3n) is 5.09. The second-order valence-corrected chi connectivity index (χ2v) is 7.58. The number of rotatable bonds is 5. The zero-order valence-electron chi connectivity index (χ0n) is 16.9. The summed E-state index contributed by atoms with van der Waals surface area (Å²) in [6, 6.07) is 27.2. The van der Waals surface area contributed by atoms with Crippen molar-refractivity contribution in [1.29, 1.82) is 0 Å². The van der Waals surface area contributed by atoms with Crippen LogP contribution < -0.4 is 0 Å². The van der Waals surface area contributed by atoms with E-state index in [0.717, 1.165) is 22.5 Å². The lowest BCUT2D eigenvalue weighted by molar-refractivity contribution is 0.0785. The number of carbonyl (C=O) groups is 1. The van der Waals surface area contributed by atoms with Crippen LogP contribution in [0, 0.1) is 6.92 Å². The molecule has 0 saturated carbocycles. The van der Waals surface area contributed by atoms with Crippen LogP contribution in [0.5, 0.6) is 0 Å². The Morgan fingerprint density at radius 3 is 2.20 bits per heavy atom. The second kappa shape index (κ2) is 8.56. The molecule has 0 bridgehead atoms. The number of carbonyl (C=O) groups excluding carboxylic acids is 1. The standard InChI is InChI=1S/C25H22ClN3O/c1-18-23(25(30)28(2)17-20-13-9-10-16-22(20)26)24(19-11-5-3-6-12-19)27-29(18)21-14-7-4-8-15-21/h3-16H,17H2,1-2H3. The average molecular weight is 416 g/mol. The van der Waals surface area contributed by atoms with Gasteiger partial charge < -0.3 is 4.90 Å². The van der Waals surface area contributed by atoms with Gasteiger partial charge in [-0.1, -0.05) is 78.3 Å². The van der Waals surface area contributed by atoms with Gasteiger partial charge in [-0.05, 0) is 30.7 Å². The molecule has 5 heteroatoms. The third-order valence-corrected chi connectivity index (χ3v) is 5.46. The van der Waals surface area contributed by atoms with E-state index in [-0.39, 0.29) is 5.91 Å². The molecule has 0 atom stereocenters. The largest absolute Gasteiger partial charge is 0.337 e. The van der Waals surface area contributed by atoms with Gasteiger partial charge in [0, 0.05) is 24.2 Å². The Labute approximate surface area is 181 Å². The van der Waals surface area contributed by atoms with Crippen LogP contribution in [0.25, 0.3) is 16.9 Å². The fourth-order valence-electron chi connectivity index (χ4n) is 3.52. The molecule has 150 valence electrons. The van der Waals surface area contributed by atoms with Gasteiger partial charge in [-0.25, -0.2) is 4.68 Å². The Morgan fingerprint density at radius 1 is 0.933 bits per heavy atom. The molecule has 0 aliphatic carbocycles. The maximum absolute atomic E-state index is 13.5. The highest BCUT2D eigenvalue weighted by atomic mass is 35.5. The molecule has 1 aromatic heterocycles. The number of hydrogen-bond acceptors (Lipinski definition) is 2. The van der Waals surface area contributed by atoms with Crippen LogP contribution in [0.15, 0.2) is 84.9 Å². The van der Waals surface area contributed by atoms with Gasteiger partial charge in [0.05, 0.1) is 16.9 Å². The Bertz CT molecular complexity index is 1170. The molecule has 30 heavy (non-hydrogen) atoms. The van der Waals surface area contributed by atoms with Gasteiger partial charge in [-0.3, -0.25) is 4.79 Å². The first-order chi connectivity index (χ1) is 14.6. The van der Waals surface area contributed by atoms with Crippen LogP contribution in [0.3, 0.4) is 0 Å². The minimum Gasteiger partial charge on any atom is -0.337 e. The van der Waals surface area contributed by atoms with Crippen molar-refractivity contribution in [1.82, 2.24) is 14.7 Å². The van der Waals surface area contributed by atoms with Gasteiger partial charge in [-0.2, -0.15) is 5.10 Å². The normalized spacial score (nSPS) is 10.8. The summed E-state index contributed by atoms with van der Waals surface area (Å²) in [5.41, 5.74) is 4.80. The van der Waals surface area contributed by atoms with E-state index in [9.17, 15) is 4.79 Å². The summed E-state index contributed by atoms with van der Waals surface area (Å²) in [6.45, 7) is 2.35. The molecule has 0 aliphatic heterocycles. The molecule has 0 aliphatic rings. The van der Waals surface area contributed by atoms with Crippen LogP contribution in [0.2, 0.25) is 5.02 Å². The summed E-state index contributed by atoms with van der Waals surface area (Å²) in [7, 11) is 1.79. The molecular formula is C25H22ClN3O. The molecule has 4 nitrogen and oxygen atoms in total. The predicted octanol–water partition coefficient (Wildman–Crippen LogP) is 5.77. The summed E-state index contributed by atoms with van der Waals surface area (Å²) < 4.78 is 1.83. The summed E-state index contributed by atoms with van der Waals surface area (Å²) in [6.07, 6.45) is 0. The minimum absolute atomic E-state index is 0.0894. The number of halogens is 1. The highest BCUT2D eigenvalue weighted by molar-refractivity contribution is 6.31. The SMILES string of the molecule is Cc1c(C(=O)N(C)Cc2ccccc2Cl)c(-c2ccccc2)nn1-c1ccccc1. The van der Waals surface area contributed by atoms with Crippen molar-refractivity contribution >= 4 is 17.5 Å². The molecule has 4 aromatic rings. The van der Waals surface area contributed by atoms with E-state index in [2.05, 4.69) is 0 Å². The zero-order chi connectivity index (χ0) is 21.1. The van der Waals surface area contributed by atoms with Gasteiger partial charge in [0.2, 0.25) is 0 Å². The lowest BCUT2D eigenvalue weighted by atomic mass is 10.0. The molecule has 0 radical (unpaired) electrons. The quantitative estimate of drug-likeness (QED) is 0.414. The van der Waals surface area contributed by atoms with Crippen molar-refractivity contribution in [2.24, 2.45) is 0 Å². The van der Waals surface area contributed by atoms with Gasteiger partial charge in [0.1, 0.15) is 5.69 Å². The van der Waals surface area contributed by atoms with Crippen LogP contribution in [-0.2, 0) is 6.54 Å². The molecule has 4 rings (SSSR count). The van der Waals surface area contributed by atoms with Crippen molar-refractivity contribution in [2.45, 2.75) is 13.5 Å². The van der Waals surface area contributed by atoms with Crippen LogP contribution >= 0.6 is 11.6 Å². The van der Waals surface area contributed by atoms with E-state index in [1.54, 1.807) is 11.9 Å². The molecular weight excluding hydrogens is 394 g/mol. The van der Waals surface area contributed by atoms with Crippen molar-refractivity contribution in [3.8, 4) is 16.9 Å². The fraction of sp³-hybridized carbons (Fsp3) is 0.120. The number of amides is 1. The van der Waals surface area contributed by atoms with Crippen LogP contribution in [-0.4, -0.2) is 27.6 Å². The number of hydrogen-bond donors (Lipinski definition) is 0. The van der Waals surface area contributed by atoms with E-state index in [0.29, 0.717) is 22.8 Å². The smallest absolute Gasteiger partial charge is 0.258 e. The van der Waals surface area contributed by atoms with E-state index < -0.39 is 0 Å². The van der Waals surface area contributed by atoms with Gasteiger partial charge in [-0.15, -0.1) is 0 Å². The Hall–Kier alpha value is -3.37. The monoisotopic (exact) mass is 415 g/mol. The Morgan fingerprint density at radius 2 is 1.53 bits per heavy atom. The Kier molecular flexibility index (Phi) is 5.68. The van der Waals surface area contributed by atoms with Crippen molar-refractivity contribution < 1.29 is 4.79 Å². The molecule has 0 fully saturated rings. The van der Waals surface area contributed by atoms with E-state index >= 15 is 0 Å². The molecule has 0 saturated heterocycles. The highest BCUT2D eigenvalue weighted by Gasteiger charge is 2.25. The summed E-state index contributed by atoms with van der Waals surface area (Å²) in [4.78, 5) is 15.2. The molecule has 1 amide bonds. The number of benzene rings is 3. The first-order valence-electron chi connectivity index (χ1n) is 9.75. The number of para-hydroxylation sites is 1. The van der Waals surface area contributed by atoms with E-state index in [1.807, 2.05) is 96.5 Å². The summed E-state index contributed by atoms with van der Waals surface area (Å²) in [5, 5.41) is 5.47. The van der Waals surface area contributed by atoms with Crippen molar-refractivity contribution in [3.05, 3.63) is 107 Å². The van der Waals surface area contributed by atoms with Crippen LogP contribution in [0.4, 0.5) is 0 Å². The van der Waals surface area contributed by atoms with Gasteiger partial charge in [0.15, 0.2) is 0 Å². The average Bonchev–Trinajstić information content (AvgIpc) is 3.13. The molecule has 1 heterocycles. The van der Waals surface area contributed by atoms with Crippen LogP contribution in [0.1, 0.15) is 21.6 Å². The maximum Gasteiger partial charge on any atom is 0.258 e. The third kappa shape index (κ3) is 3.87. The van der Waals surface area contributed by atoms with Gasteiger partial charge in [0.25, 0.3) is 5.91 Å². The number of nitrogens with zero attached hydrogens (tertiary/aromatic N) is 3. The zero-order valence-corrected chi connectivity index (χ0v) is 17.7. The molecule has 0 unspecified atom stereocenters. The van der Waals surface area contributed by atoms with Crippen molar-refractivity contribution in [3.63, 3.8) is 0 Å². The maximum atomic E-state index is 13.5. The predicted molar refractivity (Wildman–Crippen MR) is 121 cm³/mol.